The third kappa shape index (κ3) is 4.22. The minimum absolute atomic E-state index is 0.00532. The van der Waals surface area contributed by atoms with Crippen molar-refractivity contribution < 1.29 is 27.6 Å². The lowest BCUT2D eigenvalue weighted by atomic mass is 10.2. The summed E-state index contributed by atoms with van der Waals surface area (Å²) in [6.07, 6.45) is 0. The van der Waals surface area contributed by atoms with Crippen LogP contribution >= 0.6 is 0 Å². The first kappa shape index (κ1) is 18.4. The van der Waals surface area contributed by atoms with Crippen molar-refractivity contribution in [2.45, 2.75) is 13.5 Å². The number of carbonyl (C=O) groups is 1. The van der Waals surface area contributed by atoms with Crippen LogP contribution in [0.3, 0.4) is 0 Å². The molecule has 1 aromatic heterocycles. The molecule has 0 saturated heterocycles. The van der Waals surface area contributed by atoms with E-state index in [2.05, 4.69) is 10.5 Å². The summed E-state index contributed by atoms with van der Waals surface area (Å²) in [5, 5.41) is 6.19. The number of halogens is 2. The van der Waals surface area contributed by atoms with Crippen LogP contribution in [0.15, 0.2) is 47.0 Å². The maximum atomic E-state index is 13.3. The number of hydrogen-bond donors (Lipinski definition) is 1. The molecular formula is C19H16F2N2O4. The largest absolute Gasteiger partial charge is 0.497 e. The number of amides is 1. The molecule has 3 rings (SSSR count). The Morgan fingerprint density at radius 1 is 1.11 bits per heavy atom. The molecule has 1 heterocycles. The smallest absolute Gasteiger partial charge is 0.278 e. The molecule has 6 nitrogen and oxygen atoms in total. The van der Waals surface area contributed by atoms with Gasteiger partial charge in [0.1, 0.15) is 23.9 Å². The minimum atomic E-state index is -1.06. The summed E-state index contributed by atoms with van der Waals surface area (Å²) in [5.74, 6) is -1.00. The van der Waals surface area contributed by atoms with E-state index in [0.717, 1.165) is 12.1 Å². The van der Waals surface area contributed by atoms with E-state index < -0.39 is 17.5 Å². The number of hydrogen-bond acceptors (Lipinski definition) is 5. The van der Waals surface area contributed by atoms with Crippen LogP contribution in [0.1, 0.15) is 21.8 Å². The summed E-state index contributed by atoms with van der Waals surface area (Å²) in [6.45, 7) is 1.69. The van der Waals surface area contributed by atoms with Crippen LogP contribution in [0, 0.1) is 18.6 Å². The number of aryl methyl sites for hydroxylation is 1. The van der Waals surface area contributed by atoms with Crippen molar-refractivity contribution in [3.05, 3.63) is 71.1 Å². The van der Waals surface area contributed by atoms with Crippen molar-refractivity contribution >= 4 is 11.6 Å². The van der Waals surface area contributed by atoms with Crippen molar-refractivity contribution in [2.24, 2.45) is 0 Å². The van der Waals surface area contributed by atoms with Gasteiger partial charge in [0, 0.05) is 11.8 Å². The Morgan fingerprint density at radius 2 is 1.81 bits per heavy atom. The monoisotopic (exact) mass is 374 g/mol. The molecule has 3 aromatic rings. The van der Waals surface area contributed by atoms with Crippen molar-refractivity contribution in [3.8, 4) is 11.5 Å². The van der Waals surface area contributed by atoms with E-state index in [1.54, 1.807) is 38.3 Å². The first-order valence-electron chi connectivity index (χ1n) is 7.96. The fraction of sp³-hybridized carbons (Fsp3) is 0.158. The number of aromatic nitrogens is 1. The second-order valence-electron chi connectivity index (χ2n) is 5.61. The van der Waals surface area contributed by atoms with E-state index in [4.69, 9.17) is 14.0 Å². The van der Waals surface area contributed by atoms with Gasteiger partial charge in [-0.3, -0.25) is 4.79 Å². The molecule has 1 amide bonds. The van der Waals surface area contributed by atoms with Crippen molar-refractivity contribution in [1.29, 1.82) is 0 Å². The molecule has 0 fully saturated rings. The predicted molar refractivity (Wildman–Crippen MR) is 92.9 cm³/mol. The summed E-state index contributed by atoms with van der Waals surface area (Å²) < 4.78 is 42.1. The molecule has 8 heteroatoms. The predicted octanol–water partition coefficient (Wildman–Crippen LogP) is 4.10. The second-order valence-corrected chi connectivity index (χ2v) is 5.61. The highest BCUT2D eigenvalue weighted by atomic mass is 19.2. The van der Waals surface area contributed by atoms with Gasteiger partial charge >= 0.3 is 0 Å². The summed E-state index contributed by atoms with van der Waals surface area (Å²) >= 11 is 0. The molecule has 0 aliphatic carbocycles. The van der Waals surface area contributed by atoms with Gasteiger partial charge in [-0.2, -0.15) is 0 Å². The Hall–Kier alpha value is -3.42. The zero-order valence-corrected chi connectivity index (χ0v) is 14.6. The average molecular weight is 374 g/mol. The molecule has 0 spiro atoms. The number of rotatable bonds is 6. The highest BCUT2D eigenvalue weighted by Gasteiger charge is 2.21. The maximum Gasteiger partial charge on any atom is 0.278 e. The van der Waals surface area contributed by atoms with Gasteiger partial charge in [-0.25, -0.2) is 8.78 Å². The molecule has 0 aliphatic rings. The third-order valence-corrected chi connectivity index (χ3v) is 3.82. The maximum absolute atomic E-state index is 13.3. The van der Waals surface area contributed by atoms with Crippen molar-refractivity contribution in [3.63, 3.8) is 0 Å². The van der Waals surface area contributed by atoms with Crippen molar-refractivity contribution in [2.75, 3.05) is 12.4 Å². The fourth-order valence-corrected chi connectivity index (χ4v) is 2.33. The quantitative estimate of drug-likeness (QED) is 0.703. The lowest BCUT2D eigenvalue weighted by molar-refractivity contribution is 0.101. The molecule has 1 N–H and O–H groups in total. The first-order valence-corrected chi connectivity index (χ1v) is 7.96. The number of carbonyl (C=O) groups excluding carboxylic acids is 1. The van der Waals surface area contributed by atoms with Gasteiger partial charge in [-0.1, -0.05) is 5.16 Å². The Kier molecular flexibility index (Phi) is 5.35. The van der Waals surface area contributed by atoms with E-state index >= 15 is 0 Å². The lowest BCUT2D eigenvalue weighted by Gasteiger charge is -2.08. The molecule has 0 bridgehead atoms. The second kappa shape index (κ2) is 7.86. The van der Waals surface area contributed by atoms with E-state index in [-0.39, 0.29) is 18.0 Å². The van der Waals surface area contributed by atoms with Crippen LogP contribution in [0.25, 0.3) is 0 Å². The van der Waals surface area contributed by atoms with Gasteiger partial charge in [-0.05, 0) is 43.3 Å². The standard InChI is InChI=1S/C19H16F2N2O4/c1-11-15(10-26-14-6-4-13(25-2)5-7-14)18(23-27-11)19(24)22-12-3-8-16(20)17(21)9-12/h3-9H,10H2,1-2H3,(H,22,24). The normalized spacial score (nSPS) is 10.5. The highest BCUT2D eigenvalue weighted by Crippen LogP contribution is 2.22. The molecule has 0 atom stereocenters. The number of ether oxygens (including phenoxy) is 2. The average Bonchev–Trinajstić information content (AvgIpc) is 3.04. The van der Waals surface area contributed by atoms with Crippen LogP contribution in [-0.4, -0.2) is 18.2 Å². The molecule has 0 unspecified atom stereocenters. The summed E-state index contributed by atoms with van der Waals surface area (Å²) in [6, 6.07) is 9.99. The zero-order chi connectivity index (χ0) is 19.4. The Balaban J connectivity index is 1.72. The van der Waals surface area contributed by atoms with Gasteiger partial charge in [0.15, 0.2) is 17.3 Å². The fourth-order valence-electron chi connectivity index (χ4n) is 2.33. The highest BCUT2D eigenvalue weighted by molar-refractivity contribution is 6.03. The van der Waals surface area contributed by atoms with E-state index in [1.165, 1.54) is 6.07 Å². The van der Waals surface area contributed by atoms with Gasteiger partial charge in [0.05, 0.1) is 12.7 Å². The Morgan fingerprint density at radius 3 is 2.48 bits per heavy atom. The van der Waals surface area contributed by atoms with Crippen LogP contribution in [0.5, 0.6) is 11.5 Å². The first-order chi connectivity index (χ1) is 13.0. The summed E-state index contributed by atoms with van der Waals surface area (Å²) in [7, 11) is 1.56. The van der Waals surface area contributed by atoms with Gasteiger partial charge in [0.2, 0.25) is 0 Å². The minimum Gasteiger partial charge on any atom is -0.497 e. The molecule has 27 heavy (non-hydrogen) atoms. The number of anilines is 1. The van der Waals surface area contributed by atoms with Crippen LogP contribution < -0.4 is 14.8 Å². The lowest BCUT2D eigenvalue weighted by Crippen LogP contribution is -2.15. The summed E-state index contributed by atoms with van der Waals surface area (Å²) in [5.41, 5.74) is 0.554. The zero-order valence-electron chi connectivity index (χ0n) is 14.6. The number of methoxy groups -OCH3 is 1. The van der Waals surface area contributed by atoms with Gasteiger partial charge in [-0.15, -0.1) is 0 Å². The van der Waals surface area contributed by atoms with E-state index in [0.29, 0.717) is 22.8 Å². The molecule has 0 aliphatic heterocycles. The molecular weight excluding hydrogens is 358 g/mol. The van der Waals surface area contributed by atoms with E-state index in [9.17, 15) is 13.6 Å². The Bertz CT molecular complexity index is 955. The number of nitrogens with zero attached hydrogens (tertiary/aromatic N) is 1. The van der Waals surface area contributed by atoms with Gasteiger partial charge in [0.25, 0.3) is 5.91 Å². The SMILES string of the molecule is COc1ccc(OCc2c(C(=O)Nc3ccc(F)c(F)c3)noc2C)cc1. The van der Waals surface area contributed by atoms with Crippen LogP contribution in [0.4, 0.5) is 14.5 Å². The van der Waals surface area contributed by atoms with Gasteiger partial charge < -0.3 is 19.3 Å². The Labute approximate surface area is 153 Å². The summed E-state index contributed by atoms with van der Waals surface area (Å²) in [4.78, 5) is 12.4. The molecule has 0 radical (unpaired) electrons. The molecule has 140 valence electrons. The molecule has 0 saturated carbocycles. The number of benzene rings is 2. The molecule has 2 aromatic carbocycles. The topological polar surface area (TPSA) is 73.6 Å². The number of nitrogens with one attached hydrogen (secondary N) is 1. The van der Waals surface area contributed by atoms with Crippen LogP contribution in [0.2, 0.25) is 0 Å². The van der Waals surface area contributed by atoms with E-state index in [1.807, 2.05) is 0 Å². The van der Waals surface area contributed by atoms with Crippen molar-refractivity contribution in [1.82, 2.24) is 5.16 Å². The van der Waals surface area contributed by atoms with Crippen LogP contribution in [-0.2, 0) is 6.61 Å². The third-order valence-electron chi connectivity index (χ3n) is 3.82.